The van der Waals surface area contributed by atoms with Gasteiger partial charge in [0, 0.05) is 6.54 Å². The van der Waals surface area contributed by atoms with Gasteiger partial charge in [-0.15, -0.1) is 0 Å². The number of benzene rings is 4. The number of fused-ring (bicyclic) bond motifs is 1. The van der Waals surface area contributed by atoms with Gasteiger partial charge < -0.3 is 10.1 Å². The zero-order valence-electron chi connectivity index (χ0n) is 15.3. The second-order valence-electron chi connectivity index (χ2n) is 6.59. The van der Waals surface area contributed by atoms with Crippen molar-refractivity contribution in [3.8, 4) is 5.75 Å². The number of anilines is 1. The molecule has 0 unspecified atom stereocenters. The zero-order chi connectivity index (χ0) is 18.3. The Morgan fingerprint density at radius 1 is 0.667 bits per heavy atom. The van der Waals surface area contributed by atoms with E-state index >= 15 is 0 Å². The van der Waals surface area contributed by atoms with Gasteiger partial charge >= 0.3 is 0 Å². The molecule has 0 saturated carbocycles. The van der Waals surface area contributed by atoms with Crippen LogP contribution in [0.2, 0.25) is 0 Å². The SMILES string of the molecule is c1ccc(COc2ccccc2NCCc2cccc3ccccc23)cc1. The topological polar surface area (TPSA) is 21.3 Å². The Morgan fingerprint density at radius 2 is 1.41 bits per heavy atom. The molecule has 2 heteroatoms. The first-order chi connectivity index (χ1) is 13.4. The van der Waals surface area contributed by atoms with Crippen LogP contribution in [-0.4, -0.2) is 6.54 Å². The Bertz CT molecular complexity index is 1010. The molecule has 0 fully saturated rings. The first-order valence-electron chi connectivity index (χ1n) is 9.36. The molecule has 27 heavy (non-hydrogen) atoms. The molecule has 4 aromatic rings. The van der Waals surface area contributed by atoms with Crippen molar-refractivity contribution in [1.29, 1.82) is 0 Å². The summed E-state index contributed by atoms with van der Waals surface area (Å²) in [5.74, 6) is 0.888. The summed E-state index contributed by atoms with van der Waals surface area (Å²) in [7, 11) is 0. The molecular weight excluding hydrogens is 330 g/mol. The Balaban J connectivity index is 1.41. The van der Waals surface area contributed by atoms with Crippen LogP contribution >= 0.6 is 0 Å². The normalized spacial score (nSPS) is 10.7. The van der Waals surface area contributed by atoms with Gasteiger partial charge in [-0.1, -0.05) is 84.9 Å². The minimum absolute atomic E-state index is 0.572. The van der Waals surface area contributed by atoms with E-state index in [-0.39, 0.29) is 0 Å². The van der Waals surface area contributed by atoms with Crippen LogP contribution in [0.4, 0.5) is 5.69 Å². The second kappa shape index (κ2) is 8.41. The molecule has 0 radical (unpaired) electrons. The molecule has 0 atom stereocenters. The highest BCUT2D eigenvalue weighted by Crippen LogP contribution is 2.25. The highest BCUT2D eigenvalue weighted by atomic mass is 16.5. The lowest BCUT2D eigenvalue weighted by molar-refractivity contribution is 0.307. The van der Waals surface area contributed by atoms with E-state index in [9.17, 15) is 0 Å². The molecular formula is C25H23NO. The Morgan fingerprint density at radius 3 is 2.33 bits per heavy atom. The molecule has 0 saturated heterocycles. The number of nitrogens with one attached hydrogen (secondary N) is 1. The van der Waals surface area contributed by atoms with E-state index in [1.54, 1.807) is 0 Å². The van der Waals surface area contributed by atoms with Crippen LogP contribution in [0.25, 0.3) is 10.8 Å². The van der Waals surface area contributed by atoms with Crippen LogP contribution in [0.3, 0.4) is 0 Å². The maximum atomic E-state index is 6.03. The van der Waals surface area contributed by atoms with Crippen LogP contribution in [0, 0.1) is 0 Å². The van der Waals surface area contributed by atoms with Gasteiger partial charge in [0.2, 0.25) is 0 Å². The van der Waals surface area contributed by atoms with Crippen molar-refractivity contribution in [2.75, 3.05) is 11.9 Å². The number of para-hydroxylation sites is 2. The quantitative estimate of drug-likeness (QED) is 0.435. The molecule has 134 valence electrons. The van der Waals surface area contributed by atoms with Gasteiger partial charge in [0.1, 0.15) is 12.4 Å². The predicted molar refractivity (Wildman–Crippen MR) is 113 cm³/mol. The molecule has 0 heterocycles. The van der Waals surface area contributed by atoms with Crippen molar-refractivity contribution in [1.82, 2.24) is 0 Å². The van der Waals surface area contributed by atoms with E-state index < -0.39 is 0 Å². The summed E-state index contributed by atoms with van der Waals surface area (Å²) in [6, 6.07) is 33.4. The number of ether oxygens (including phenoxy) is 1. The lowest BCUT2D eigenvalue weighted by Gasteiger charge is -2.14. The standard InChI is InChI=1S/C25H23NO/c1-2-9-20(10-3-1)19-27-25-16-7-6-15-24(25)26-18-17-22-13-8-12-21-11-4-5-14-23(21)22/h1-16,26H,17-19H2. The van der Waals surface area contributed by atoms with Crippen molar-refractivity contribution in [2.45, 2.75) is 13.0 Å². The fraction of sp³-hybridized carbons (Fsp3) is 0.120. The van der Waals surface area contributed by atoms with Gasteiger partial charge in [-0.05, 0) is 40.5 Å². The van der Waals surface area contributed by atoms with Gasteiger partial charge in [0.05, 0.1) is 5.69 Å². The molecule has 0 aliphatic heterocycles. The van der Waals surface area contributed by atoms with E-state index in [0.29, 0.717) is 6.61 Å². The minimum Gasteiger partial charge on any atom is -0.487 e. The molecule has 0 aliphatic carbocycles. The third kappa shape index (κ3) is 4.29. The Hall–Kier alpha value is -3.26. The molecule has 0 bridgehead atoms. The average molecular weight is 353 g/mol. The van der Waals surface area contributed by atoms with E-state index in [1.807, 2.05) is 36.4 Å². The molecule has 2 nitrogen and oxygen atoms in total. The maximum Gasteiger partial charge on any atom is 0.142 e. The summed E-state index contributed by atoms with van der Waals surface area (Å²) in [4.78, 5) is 0. The van der Waals surface area contributed by atoms with E-state index in [1.165, 1.54) is 21.9 Å². The van der Waals surface area contributed by atoms with Crippen molar-refractivity contribution in [3.63, 3.8) is 0 Å². The third-order valence-corrected chi connectivity index (χ3v) is 4.71. The number of rotatable bonds is 7. The molecule has 4 aromatic carbocycles. The van der Waals surface area contributed by atoms with Gasteiger partial charge in [0.15, 0.2) is 0 Å². The van der Waals surface area contributed by atoms with Crippen molar-refractivity contribution in [3.05, 3.63) is 108 Å². The van der Waals surface area contributed by atoms with Crippen LogP contribution in [-0.2, 0) is 13.0 Å². The lowest BCUT2D eigenvalue weighted by Crippen LogP contribution is -2.07. The number of hydrogen-bond acceptors (Lipinski definition) is 2. The van der Waals surface area contributed by atoms with E-state index in [0.717, 1.165) is 24.4 Å². The van der Waals surface area contributed by atoms with Gasteiger partial charge in [0.25, 0.3) is 0 Å². The fourth-order valence-corrected chi connectivity index (χ4v) is 3.32. The van der Waals surface area contributed by atoms with Crippen LogP contribution in [0.15, 0.2) is 97.1 Å². The third-order valence-electron chi connectivity index (χ3n) is 4.71. The summed E-state index contributed by atoms with van der Waals surface area (Å²) in [5, 5.41) is 6.16. The fourth-order valence-electron chi connectivity index (χ4n) is 3.32. The Labute approximate surface area is 160 Å². The van der Waals surface area contributed by atoms with Gasteiger partial charge in [-0.25, -0.2) is 0 Å². The molecule has 0 aromatic heterocycles. The highest BCUT2D eigenvalue weighted by Gasteiger charge is 2.04. The molecule has 0 aliphatic rings. The van der Waals surface area contributed by atoms with Crippen LogP contribution in [0.5, 0.6) is 5.75 Å². The highest BCUT2D eigenvalue weighted by molar-refractivity contribution is 5.85. The van der Waals surface area contributed by atoms with Crippen molar-refractivity contribution >= 4 is 16.5 Å². The summed E-state index contributed by atoms with van der Waals surface area (Å²) in [6.07, 6.45) is 0.967. The van der Waals surface area contributed by atoms with Crippen LogP contribution in [0.1, 0.15) is 11.1 Å². The molecule has 4 rings (SSSR count). The Kier molecular flexibility index (Phi) is 5.35. The smallest absolute Gasteiger partial charge is 0.142 e. The minimum atomic E-state index is 0.572. The first kappa shape index (κ1) is 17.2. The second-order valence-corrected chi connectivity index (χ2v) is 6.59. The first-order valence-corrected chi connectivity index (χ1v) is 9.36. The largest absolute Gasteiger partial charge is 0.487 e. The van der Waals surface area contributed by atoms with Crippen LogP contribution < -0.4 is 10.1 Å². The molecule has 1 N–H and O–H groups in total. The molecule has 0 spiro atoms. The average Bonchev–Trinajstić information content (AvgIpc) is 2.74. The predicted octanol–water partition coefficient (Wildman–Crippen LogP) is 6.07. The number of hydrogen-bond donors (Lipinski definition) is 1. The molecule has 0 amide bonds. The maximum absolute atomic E-state index is 6.03. The van der Waals surface area contributed by atoms with Crippen molar-refractivity contribution in [2.24, 2.45) is 0 Å². The lowest BCUT2D eigenvalue weighted by atomic mass is 10.0. The van der Waals surface area contributed by atoms with E-state index in [4.69, 9.17) is 4.74 Å². The van der Waals surface area contributed by atoms with E-state index in [2.05, 4.69) is 66.0 Å². The monoisotopic (exact) mass is 353 g/mol. The zero-order valence-corrected chi connectivity index (χ0v) is 15.3. The summed E-state index contributed by atoms with van der Waals surface area (Å²) in [6.45, 7) is 1.43. The van der Waals surface area contributed by atoms with Crippen molar-refractivity contribution < 1.29 is 4.74 Å². The van der Waals surface area contributed by atoms with Gasteiger partial charge in [-0.2, -0.15) is 0 Å². The van der Waals surface area contributed by atoms with Gasteiger partial charge in [-0.3, -0.25) is 0 Å². The summed E-state index contributed by atoms with van der Waals surface area (Å²) >= 11 is 0. The summed E-state index contributed by atoms with van der Waals surface area (Å²) < 4.78 is 6.03. The summed E-state index contributed by atoms with van der Waals surface area (Å²) in [5.41, 5.74) is 3.57.